The van der Waals surface area contributed by atoms with Gasteiger partial charge in [-0.2, -0.15) is 0 Å². The van der Waals surface area contributed by atoms with E-state index >= 15 is 0 Å². The molecule has 7 heteroatoms. The van der Waals surface area contributed by atoms with Crippen LogP contribution in [-0.2, 0) is 0 Å². The monoisotopic (exact) mass is 212 g/mol. The van der Waals surface area contributed by atoms with Crippen molar-refractivity contribution in [3.05, 3.63) is 28.3 Å². The molecule has 15 heavy (non-hydrogen) atoms. The number of methoxy groups -OCH3 is 1. The van der Waals surface area contributed by atoms with E-state index in [0.717, 1.165) is 0 Å². The Morgan fingerprint density at radius 2 is 2.27 bits per heavy atom. The van der Waals surface area contributed by atoms with Crippen molar-refractivity contribution in [3.63, 3.8) is 0 Å². The van der Waals surface area contributed by atoms with Crippen LogP contribution < -0.4 is 10.1 Å². The molecule has 0 bridgehead atoms. The molecule has 0 saturated heterocycles. The first-order valence-electron chi connectivity index (χ1n) is 3.87. The van der Waals surface area contributed by atoms with Gasteiger partial charge < -0.3 is 9.84 Å². The van der Waals surface area contributed by atoms with Crippen molar-refractivity contribution < 1.29 is 19.6 Å². The summed E-state index contributed by atoms with van der Waals surface area (Å²) in [5.41, 5.74) is -0.440. The number of nitrogens with zero attached hydrogens (tertiary/aromatic N) is 1. The molecule has 1 amide bonds. The molecule has 0 aliphatic rings. The van der Waals surface area contributed by atoms with Crippen molar-refractivity contribution in [2.45, 2.75) is 0 Å². The highest BCUT2D eigenvalue weighted by atomic mass is 16.6. The number of nitrogens with one attached hydrogen (secondary N) is 1. The van der Waals surface area contributed by atoms with Gasteiger partial charge in [-0.15, -0.1) is 0 Å². The summed E-state index contributed by atoms with van der Waals surface area (Å²) in [4.78, 5) is 20.2. The Bertz CT molecular complexity index is 404. The van der Waals surface area contributed by atoms with Crippen LogP contribution in [0, 0.1) is 10.1 Å². The Labute approximate surface area is 84.4 Å². The predicted molar refractivity (Wildman–Crippen MR) is 51.3 cm³/mol. The zero-order valence-corrected chi connectivity index (χ0v) is 7.76. The topological polar surface area (TPSA) is 102 Å². The van der Waals surface area contributed by atoms with Crippen LogP contribution in [0.3, 0.4) is 0 Å². The lowest BCUT2D eigenvalue weighted by Gasteiger charge is -2.04. The maximum absolute atomic E-state index is 10.5. The van der Waals surface area contributed by atoms with Gasteiger partial charge in [0, 0.05) is 12.1 Å². The van der Waals surface area contributed by atoms with Crippen molar-refractivity contribution in [1.82, 2.24) is 0 Å². The standard InChI is InChI=1S/C8H8N2O5/c1-15-5-2-3-7(10(13)14)6(4-5)9-8(11)12/h2-4,9H,1H3,(H,11,12). The molecule has 80 valence electrons. The quantitative estimate of drug-likeness (QED) is 0.586. The summed E-state index contributed by atoms with van der Waals surface area (Å²) in [6.07, 6.45) is -1.37. The molecule has 1 aromatic rings. The molecule has 0 unspecified atom stereocenters. The van der Waals surface area contributed by atoms with E-state index in [-0.39, 0.29) is 11.4 Å². The lowest BCUT2D eigenvalue weighted by Crippen LogP contribution is -2.09. The lowest BCUT2D eigenvalue weighted by atomic mass is 10.2. The highest BCUT2D eigenvalue weighted by Gasteiger charge is 2.16. The number of nitro benzene ring substituents is 1. The number of carbonyl (C=O) groups is 1. The average Bonchev–Trinajstić information content (AvgIpc) is 2.16. The number of carboxylic acid groups (broad SMARTS) is 1. The molecular formula is C8H8N2O5. The molecule has 0 radical (unpaired) electrons. The number of hydrogen-bond acceptors (Lipinski definition) is 4. The molecule has 1 rings (SSSR count). The number of rotatable bonds is 3. The van der Waals surface area contributed by atoms with Crippen molar-refractivity contribution in [2.75, 3.05) is 12.4 Å². The van der Waals surface area contributed by atoms with E-state index in [0.29, 0.717) is 5.75 Å². The van der Waals surface area contributed by atoms with Crippen molar-refractivity contribution in [2.24, 2.45) is 0 Å². The van der Waals surface area contributed by atoms with E-state index in [2.05, 4.69) is 0 Å². The largest absolute Gasteiger partial charge is 0.497 e. The van der Waals surface area contributed by atoms with E-state index < -0.39 is 11.0 Å². The van der Waals surface area contributed by atoms with Crippen molar-refractivity contribution >= 4 is 17.5 Å². The number of anilines is 1. The second kappa shape index (κ2) is 4.27. The second-order valence-electron chi connectivity index (χ2n) is 2.57. The van der Waals surface area contributed by atoms with Gasteiger partial charge in [-0.1, -0.05) is 0 Å². The van der Waals surface area contributed by atoms with Gasteiger partial charge in [0.2, 0.25) is 0 Å². The van der Waals surface area contributed by atoms with Crippen LogP contribution in [0.5, 0.6) is 5.75 Å². The van der Waals surface area contributed by atoms with Crippen LogP contribution in [0.2, 0.25) is 0 Å². The smallest absolute Gasteiger partial charge is 0.409 e. The van der Waals surface area contributed by atoms with Gasteiger partial charge >= 0.3 is 6.09 Å². The Morgan fingerprint density at radius 1 is 1.60 bits per heavy atom. The van der Waals surface area contributed by atoms with E-state index in [1.807, 2.05) is 5.32 Å². The number of nitro groups is 1. The van der Waals surface area contributed by atoms with Crippen LogP contribution in [0.4, 0.5) is 16.2 Å². The molecule has 2 N–H and O–H groups in total. The summed E-state index contributed by atoms with van der Waals surface area (Å²) in [5, 5.41) is 20.9. The summed E-state index contributed by atoms with van der Waals surface area (Å²) < 4.78 is 4.82. The van der Waals surface area contributed by atoms with E-state index in [9.17, 15) is 14.9 Å². The molecule has 0 aliphatic carbocycles. The minimum Gasteiger partial charge on any atom is -0.497 e. The fraction of sp³-hybridized carbons (Fsp3) is 0.125. The third-order valence-corrected chi connectivity index (χ3v) is 1.64. The Morgan fingerprint density at radius 3 is 2.73 bits per heavy atom. The van der Waals surface area contributed by atoms with Crippen molar-refractivity contribution in [3.8, 4) is 5.75 Å². The molecule has 0 spiro atoms. The Balaban J connectivity index is 3.16. The van der Waals surface area contributed by atoms with Crippen LogP contribution in [0.15, 0.2) is 18.2 Å². The van der Waals surface area contributed by atoms with Gasteiger partial charge in [-0.05, 0) is 6.07 Å². The van der Waals surface area contributed by atoms with E-state index in [4.69, 9.17) is 9.84 Å². The number of amides is 1. The van der Waals surface area contributed by atoms with Crippen LogP contribution in [0.25, 0.3) is 0 Å². The molecule has 0 heterocycles. The number of benzene rings is 1. The van der Waals surface area contributed by atoms with Gasteiger partial charge in [-0.25, -0.2) is 4.79 Å². The molecule has 0 aromatic heterocycles. The molecular weight excluding hydrogens is 204 g/mol. The molecule has 0 aliphatic heterocycles. The zero-order valence-electron chi connectivity index (χ0n) is 7.76. The van der Waals surface area contributed by atoms with E-state index in [1.165, 1.54) is 25.3 Å². The first-order valence-corrected chi connectivity index (χ1v) is 3.87. The maximum Gasteiger partial charge on any atom is 0.409 e. The Kier molecular flexibility index (Phi) is 3.06. The van der Waals surface area contributed by atoms with Gasteiger partial charge in [0.1, 0.15) is 11.4 Å². The van der Waals surface area contributed by atoms with Gasteiger partial charge in [-0.3, -0.25) is 15.4 Å². The second-order valence-corrected chi connectivity index (χ2v) is 2.57. The fourth-order valence-corrected chi connectivity index (χ4v) is 1.02. The SMILES string of the molecule is COc1ccc([N+](=O)[O-])c(NC(=O)O)c1. The molecule has 0 saturated carbocycles. The fourth-order valence-electron chi connectivity index (χ4n) is 1.02. The maximum atomic E-state index is 10.5. The van der Waals surface area contributed by atoms with Crippen LogP contribution >= 0.6 is 0 Å². The lowest BCUT2D eigenvalue weighted by molar-refractivity contribution is -0.383. The molecule has 7 nitrogen and oxygen atoms in total. The molecule has 1 aromatic carbocycles. The summed E-state index contributed by atoms with van der Waals surface area (Å²) in [6, 6.07) is 3.79. The highest BCUT2D eigenvalue weighted by Crippen LogP contribution is 2.28. The minimum absolute atomic E-state index is 0.119. The van der Waals surface area contributed by atoms with Gasteiger partial charge in [0.25, 0.3) is 5.69 Å². The first kappa shape index (κ1) is 10.8. The Hall–Kier alpha value is -2.31. The molecule has 0 atom stereocenters. The normalized spacial score (nSPS) is 9.40. The summed E-state index contributed by atoms with van der Waals surface area (Å²) in [7, 11) is 1.38. The van der Waals surface area contributed by atoms with Crippen molar-refractivity contribution in [1.29, 1.82) is 0 Å². The van der Waals surface area contributed by atoms with Crippen LogP contribution in [-0.4, -0.2) is 23.2 Å². The average molecular weight is 212 g/mol. The van der Waals surface area contributed by atoms with E-state index in [1.54, 1.807) is 0 Å². The third-order valence-electron chi connectivity index (χ3n) is 1.64. The predicted octanol–water partition coefficient (Wildman–Crippen LogP) is 1.69. The minimum atomic E-state index is -1.37. The number of ether oxygens (including phenoxy) is 1. The summed E-state index contributed by atoms with van der Waals surface area (Å²) in [5.74, 6) is 0.337. The first-order chi connectivity index (χ1) is 7.04. The summed E-state index contributed by atoms with van der Waals surface area (Å²) >= 11 is 0. The van der Waals surface area contributed by atoms with Gasteiger partial charge in [0.15, 0.2) is 0 Å². The van der Waals surface area contributed by atoms with Crippen LogP contribution in [0.1, 0.15) is 0 Å². The number of hydrogen-bond donors (Lipinski definition) is 2. The molecule has 0 fully saturated rings. The van der Waals surface area contributed by atoms with Gasteiger partial charge in [0.05, 0.1) is 12.0 Å². The summed E-state index contributed by atoms with van der Waals surface area (Å²) in [6.45, 7) is 0. The highest BCUT2D eigenvalue weighted by molar-refractivity contribution is 5.86. The zero-order chi connectivity index (χ0) is 11.4. The third kappa shape index (κ3) is 2.56.